The number of amides is 1. The summed E-state index contributed by atoms with van der Waals surface area (Å²) in [5.74, 6) is -0.531. The van der Waals surface area contributed by atoms with Crippen molar-refractivity contribution in [2.45, 2.75) is 18.5 Å². The van der Waals surface area contributed by atoms with E-state index in [1.54, 1.807) is 29.7 Å². The SMILES string of the molecule is O=C(CCN1C(=S)N[C@H](c2ccccn2)[C@H]1c1cccn1-c1nc2ccccc2s1)Nc1ccc(F)cc1. The van der Waals surface area contributed by atoms with Crippen LogP contribution in [0.3, 0.4) is 0 Å². The molecular formula is C28H23FN6OS2. The van der Waals surface area contributed by atoms with Crippen LogP contribution in [0.4, 0.5) is 10.1 Å². The average molecular weight is 543 g/mol. The number of nitrogens with zero attached hydrogens (tertiary/aromatic N) is 4. The van der Waals surface area contributed by atoms with Crippen molar-refractivity contribution in [3.63, 3.8) is 0 Å². The van der Waals surface area contributed by atoms with Crippen LogP contribution in [0.1, 0.15) is 29.9 Å². The molecule has 0 saturated carbocycles. The van der Waals surface area contributed by atoms with Gasteiger partial charge in [-0.1, -0.05) is 29.5 Å². The standard InChI is InChI=1S/C28H23FN6OS2/c29-18-10-12-19(13-11-18)31-24(36)14-17-35-26(25(33-27(35)37)21-7-3-4-15-30-21)22-8-5-16-34(22)28-32-20-6-1-2-9-23(20)38-28/h1-13,15-16,25-26H,14,17H2,(H,31,36)(H,33,37)/t25-,26-/m1/s1. The van der Waals surface area contributed by atoms with Crippen LogP contribution in [0.2, 0.25) is 0 Å². The number of nitrogens with one attached hydrogen (secondary N) is 2. The highest BCUT2D eigenvalue weighted by Crippen LogP contribution is 2.40. The molecule has 0 bridgehead atoms. The van der Waals surface area contributed by atoms with Gasteiger partial charge in [0.1, 0.15) is 5.82 Å². The van der Waals surface area contributed by atoms with E-state index in [2.05, 4.69) is 32.3 Å². The molecule has 6 rings (SSSR count). The fourth-order valence-corrected chi connectivity index (χ4v) is 6.02. The average Bonchev–Trinajstić information content (AvgIpc) is 3.65. The van der Waals surface area contributed by atoms with Gasteiger partial charge in [-0.05, 0) is 72.9 Å². The van der Waals surface area contributed by atoms with Gasteiger partial charge in [-0.15, -0.1) is 0 Å². The fraction of sp³-hybridized carbons (Fsp3) is 0.143. The summed E-state index contributed by atoms with van der Waals surface area (Å²) in [6.07, 6.45) is 3.97. The van der Waals surface area contributed by atoms with E-state index < -0.39 is 0 Å². The van der Waals surface area contributed by atoms with Crippen LogP contribution >= 0.6 is 23.6 Å². The maximum absolute atomic E-state index is 13.2. The van der Waals surface area contributed by atoms with Crippen LogP contribution in [0.15, 0.2) is 91.3 Å². The number of fused-ring (bicyclic) bond motifs is 1. The van der Waals surface area contributed by atoms with Crippen LogP contribution in [-0.4, -0.2) is 37.0 Å². The van der Waals surface area contributed by atoms with Crippen molar-refractivity contribution in [3.8, 4) is 5.13 Å². The molecule has 1 aliphatic rings. The minimum atomic E-state index is -0.351. The third kappa shape index (κ3) is 4.75. The van der Waals surface area contributed by atoms with E-state index in [0.717, 1.165) is 26.7 Å². The first-order valence-electron chi connectivity index (χ1n) is 12.1. The second-order valence-electron chi connectivity index (χ2n) is 8.89. The molecule has 0 aliphatic carbocycles. The Morgan fingerprint density at radius 1 is 1.05 bits per heavy atom. The summed E-state index contributed by atoms with van der Waals surface area (Å²) in [6.45, 7) is 0.387. The van der Waals surface area contributed by atoms with Crippen molar-refractivity contribution in [3.05, 3.63) is 108 Å². The molecule has 1 fully saturated rings. The Morgan fingerprint density at radius 2 is 1.87 bits per heavy atom. The van der Waals surface area contributed by atoms with Crippen molar-refractivity contribution in [2.24, 2.45) is 0 Å². The first kappa shape index (κ1) is 24.2. The Kier molecular flexibility index (Phi) is 6.57. The molecular weight excluding hydrogens is 519 g/mol. The fourth-order valence-electron chi connectivity index (χ4n) is 4.72. The number of carbonyl (C=O) groups is 1. The summed E-state index contributed by atoms with van der Waals surface area (Å²) in [5.41, 5.74) is 3.34. The van der Waals surface area contributed by atoms with Gasteiger partial charge in [0.05, 0.1) is 33.7 Å². The predicted molar refractivity (Wildman–Crippen MR) is 151 cm³/mol. The van der Waals surface area contributed by atoms with Gasteiger partial charge in [-0.3, -0.25) is 14.3 Å². The van der Waals surface area contributed by atoms with E-state index in [1.165, 1.54) is 12.1 Å². The minimum Gasteiger partial charge on any atom is -0.352 e. The molecule has 10 heteroatoms. The number of rotatable bonds is 7. The first-order valence-corrected chi connectivity index (χ1v) is 13.4. The maximum atomic E-state index is 13.2. The lowest BCUT2D eigenvalue weighted by Gasteiger charge is -2.28. The van der Waals surface area contributed by atoms with Crippen molar-refractivity contribution < 1.29 is 9.18 Å². The zero-order valence-corrected chi connectivity index (χ0v) is 21.8. The summed E-state index contributed by atoms with van der Waals surface area (Å²) in [4.78, 5) is 24.3. The van der Waals surface area contributed by atoms with Gasteiger partial charge in [-0.2, -0.15) is 0 Å². The Morgan fingerprint density at radius 3 is 2.66 bits per heavy atom. The summed E-state index contributed by atoms with van der Waals surface area (Å²) < 4.78 is 16.4. The lowest BCUT2D eigenvalue weighted by Crippen LogP contribution is -2.33. The maximum Gasteiger partial charge on any atom is 0.226 e. The van der Waals surface area contributed by atoms with Gasteiger partial charge in [0, 0.05) is 31.0 Å². The number of hydrogen-bond acceptors (Lipinski definition) is 5. The molecule has 1 aliphatic heterocycles. The Balaban J connectivity index is 1.31. The summed E-state index contributed by atoms with van der Waals surface area (Å²) in [6, 6.07) is 23.2. The largest absolute Gasteiger partial charge is 0.352 e. The molecule has 4 heterocycles. The predicted octanol–water partition coefficient (Wildman–Crippen LogP) is 5.62. The third-order valence-corrected chi connectivity index (χ3v) is 7.87. The van der Waals surface area contributed by atoms with Gasteiger partial charge in [0.25, 0.3) is 0 Å². The lowest BCUT2D eigenvalue weighted by atomic mass is 10.0. The molecule has 0 unspecified atom stereocenters. The smallest absolute Gasteiger partial charge is 0.226 e. The van der Waals surface area contributed by atoms with Gasteiger partial charge < -0.3 is 15.5 Å². The number of aromatic nitrogens is 3. The second kappa shape index (κ2) is 10.3. The van der Waals surface area contributed by atoms with Gasteiger partial charge in [0.15, 0.2) is 10.2 Å². The highest BCUT2D eigenvalue weighted by atomic mass is 32.1. The highest BCUT2D eigenvalue weighted by Gasteiger charge is 2.41. The number of anilines is 1. The Labute approximate surface area is 228 Å². The van der Waals surface area contributed by atoms with Crippen LogP contribution in [0.5, 0.6) is 0 Å². The normalized spacial score (nSPS) is 17.1. The molecule has 38 heavy (non-hydrogen) atoms. The zero-order valence-electron chi connectivity index (χ0n) is 20.1. The molecule has 0 spiro atoms. The topological polar surface area (TPSA) is 75.1 Å². The second-order valence-corrected chi connectivity index (χ2v) is 10.3. The van der Waals surface area contributed by atoms with E-state index >= 15 is 0 Å². The van der Waals surface area contributed by atoms with Crippen molar-refractivity contribution in [1.29, 1.82) is 0 Å². The van der Waals surface area contributed by atoms with E-state index in [9.17, 15) is 9.18 Å². The number of carbonyl (C=O) groups excluding carboxylic acids is 1. The molecule has 2 atom stereocenters. The first-order chi connectivity index (χ1) is 18.6. The molecule has 0 radical (unpaired) electrons. The summed E-state index contributed by atoms with van der Waals surface area (Å²) in [7, 11) is 0. The molecule has 2 N–H and O–H groups in total. The zero-order chi connectivity index (χ0) is 26.1. The molecule has 1 saturated heterocycles. The molecule has 7 nitrogen and oxygen atoms in total. The van der Waals surface area contributed by atoms with Gasteiger partial charge in [-0.25, -0.2) is 9.37 Å². The number of thiazole rings is 1. The van der Waals surface area contributed by atoms with E-state index in [4.69, 9.17) is 17.2 Å². The Bertz CT molecular complexity index is 1570. The van der Waals surface area contributed by atoms with Crippen molar-refractivity contribution >= 4 is 50.5 Å². The molecule has 5 aromatic rings. The van der Waals surface area contributed by atoms with Crippen LogP contribution in [-0.2, 0) is 4.79 Å². The van der Waals surface area contributed by atoms with Crippen LogP contribution in [0.25, 0.3) is 15.3 Å². The quantitative estimate of drug-likeness (QED) is 0.260. The molecule has 2 aromatic carbocycles. The minimum absolute atomic E-state index is 0.180. The summed E-state index contributed by atoms with van der Waals surface area (Å²) in [5, 5.41) is 7.68. The van der Waals surface area contributed by atoms with E-state index in [-0.39, 0.29) is 30.2 Å². The summed E-state index contributed by atoms with van der Waals surface area (Å²) >= 11 is 7.39. The number of thiocarbonyl (C=S) groups is 1. The molecule has 3 aromatic heterocycles. The molecule has 190 valence electrons. The van der Waals surface area contributed by atoms with Crippen LogP contribution < -0.4 is 10.6 Å². The Hall–Kier alpha value is -4.15. The number of halogens is 1. The number of pyridine rings is 1. The lowest BCUT2D eigenvalue weighted by molar-refractivity contribution is -0.116. The molecule has 1 amide bonds. The number of para-hydroxylation sites is 1. The van der Waals surface area contributed by atoms with Crippen LogP contribution in [0, 0.1) is 5.82 Å². The monoisotopic (exact) mass is 542 g/mol. The third-order valence-electron chi connectivity index (χ3n) is 6.48. The number of benzene rings is 2. The van der Waals surface area contributed by atoms with Gasteiger partial charge in [0.2, 0.25) is 5.91 Å². The van der Waals surface area contributed by atoms with Crippen molar-refractivity contribution in [1.82, 2.24) is 24.8 Å². The van der Waals surface area contributed by atoms with Crippen molar-refractivity contribution in [2.75, 3.05) is 11.9 Å². The highest BCUT2D eigenvalue weighted by molar-refractivity contribution is 7.80. The van der Waals surface area contributed by atoms with E-state index in [1.807, 2.05) is 53.6 Å². The van der Waals surface area contributed by atoms with Gasteiger partial charge >= 0.3 is 0 Å². The van der Waals surface area contributed by atoms with E-state index in [0.29, 0.717) is 17.3 Å². The number of hydrogen-bond donors (Lipinski definition) is 2.